The second-order valence-electron chi connectivity index (χ2n) is 7.73. The first kappa shape index (κ1) is 18.4. The van der Waals surface area contributed by atoms with Gasteiger partial charge < -0.3 is 0 Å². The summed E-state index contributed by atoms with van der Waals surface area (Å²) < 4.78 is 0. The van der Waals surface area contributed by atoms with Crippen LogP contribution in [0.4, 0.5) is 0 Å². The molecule has 0 radical (unpaired) electrons. The fourth-order valence-electron chi connectivity index (χ4n) is 4.17. The zero-order valence-corrected chi connectivity index (χ0v) is 16.3. The van der Waals surface area contributed by atoms with Gasteiger partial charge in [0.15, 0.2) is 5.82 Å². The van der Waals surface area contributed by atoms with Gasteiger partial charge in [0, 0.05) is 23.5 Å². The molecule has 1 aromatic heterocycles. The molecule has 0 aliphatic heterocycles. The second kappa shape index (κ2) is 8.35. The summed E-state index contributed by atoms with van der Waals surface area (Å²) in [5.41, 5.74) is 5.21. The summed E-state index contributed by atoms with van der Waals surface area (Å²) in [4.78, 5) is 9.03. The van der Waals surface area contributed by atoms with Crippen molar-refractivity contribution in [3.8, 4) is 28.6 Å². The summed E-state index contributed by atoms with van der Waals surface area (Å²) in [5, 5.41) is 8.91. The Kier molecular flexibility index (Phi) is 5.48. The average Bonchev–Trinajstić information content (AvgIpc) is 2.79. The first-order valence-corrected chi connectivity index (χ1v) is 10.2. The number of hydrogen-bond donors (Lipinski definition) is 0. The maximum atomic E-state index is 8.91. The van der Waals surface area contributed by atoms with Gasteiger partial charge in [0.25, 0.3) is 0 Å². The Morgan fingerprint density at radius 3 is 2.00 bits per heavy atom. The van der Waals surface area contributed by atoms with Crippen LogP contribution in [0.3, 0.4) is 0 Å². The van der Waals surface area contributed by atoms with Crippen LogP contribution in [0.15, 0.2) is 60.9 Å². The molecule has 0 atom stereocenters. The maximum Gasteiger partial charge on any atom is 0.159 e. The third kappa shape index (κ3) is 3.97. The highest BCUT2D eigenvalue weighted by Crippen LogP contribution is 2.37. The lowest BCUT2D eigenvalue weighted by atomic mass is 9.78. The molecule has 1 aliphatic carbocycles. The van der Waals surface area contributed by atoms with E-state index in [0.29, 0.717) is 17.3 Å². The van der Waals surface area contributed by atoms with Gasteiger partial charge in [0.1, 0.15) is 0 Å². The van der Waals surface area contributed by atoms with Crippen molar-refractivity contribution in [2.75, 3.05) is 0 Å². The highest BCUT2D eigenvalue weighted by atomic mass is 14.9. The lowest BCUT2D eigenvalue weighted by Gasteiger charge is -2.28. The van der Waals surface area contributed by atoms with Crippen LogP contribution >= 0.6 is 0 Å². The molecule has 1 saturated carbocycles. The lowest BCUT2D eigenvalue weighted by Crippen LogP contribution is -2.12. The normalized spacial score (nSPS) is 19.1. The largest absolute Gasteiger partial charge is 0.236 e. The van der Waals surface area contributed by atoms with Crippen molar-refractivity contribution < 1.29 is 0 Å². The average molecular weight is 367 g/mol. The monoisotopic (exact) mass is 367 g/mol. The molecular weight excluding hydrogens is 342 g/mol. The summed E-state index contributed by atoms with van der Waals surface area (Å²) in [6.45, 7) is 2.31. The lowest BCUT2D eigenvalue weighted by molar-refractivity contribution is 0.319. The first-order chi connectivity index (χ1) is 13.8. The van der Waals surface area contributed by atoms with Gasteiger partial charge in [-0.15, -0.1) is 0 Å². The van der Waals surface area contributed by atoms with Crippen LogP contribution in [0.2, 0.25) is 0 Å². The van der Waals surface area contributed by atoms with E-state index in [-0.39, 0.29) is 0 Å². The van der Waals surface area contributed by atoms with E-state index >= 15 is 0 Å². The number of nitrogens with zero attached hydrogens (tertiary/aromatic N) is 3. The van der Waals surface area contributed by atoms with Crippen LogP contribution in [0.5, 0.6) is 0 Å². The maximum absolute atomic E-state index is 8.91. The predicted molar refractivity (Wildman–Crippen MR) is 113 cm³/mol. The summed E-state index contributed by atoms with van der Waals surface area (Å²) in [6, 6.07) is 18.4. The van der Waals surface area contributed by atoms with Crippen LogP contribution in [0, 0.1) is 17.2 Å². The molecule has 2 aromatic carbocycles. The molecule has 1 fully saturated rings. The van der Waals surface area contributed by atoms with Crippen molar-refractivity contribution in [1.82, 2.24) is 9.97 Å². The highest BCUT2D eigenvalue weighted by Gasteiger charge is 2.21. The molecule has 3 aromatic rings. The Hall–Kier alpha value is -2.99. The predicted octanol–water partition coefficient (Wildman–Crippen LogP) is 6.37. The van der Waals surface area contributed by atoms with E-state index in [9.17, 15) is 0 Å². The van der Waals surface area contributed by atoms with Gasteiger partial charge in [-0.25, -0.2) is 9.97 Å². The number of aromatic nitrogens is 2. The van der Waals surface area contributed by atoms with Crippen molar-refractivity contribution in [3.63, 3.8) is 0 Å². The molecule has 0 unspecified atom stereocenters. The zero-order chi connectivity index (χ0) is 19.3. The molecule has 1 heterocycles. The molecule has 0 bridgehead atoms. The minimum absolute atomic E-state index is 0.642. The van der Waals surface area contributed by atoms with Crippen molar-refractivity contribution in [1.29, 1.82) is 5.26 Å². The molecule has 0 amide bonds. The van der Waals surface area contributed by atoms with Gasteiger partial charge in [-0.2, -0.15) is 5.26 Å². The summed E-state index contributed by atoms with van der Waals surface area (Å²) >= 11 is 0. The Morgan fingerprint density at radius 2 is 1.43 bits per heavy atom. The minimum atomic E-state index is 0.642. The molecule has 3 nitrogen and oxygen atoms in total. The van der Waals surface area contributed by atoms with Gasteiger partial charge in [-0.05, 0) is 72.9 Å². The molecule has 28 heavy (non-hydrogen) atoms. The highest BCUT2D eigenvalue weighted by molar-refractivity contribution is 5.64. The van der Waals surface area contributed by atoms with Crippen LogP contribution in [0.1, 0.15) is 56.1 Å². The molecule has 1 aliphatic rings. The standard InChI is InChI=1S/C25H25N3/c1-2-18-3-7-20(8-4-18)21-11-13-22(14-12-21)24-16-27-25(28-17-24)23-9-5-19(15-26)6-10-23/h5-6,9-14,16-18,20H,2-4,7-8H2,1H3. The zero-order valence-electron chi connectivity index (χ0n) is 16.3. The van der Waals surface area contributed by atoms with Gasteiger partial charge in [-0.1, -0.05) is 37.6 Å². The van der Waals surface area contributed by atoms with E-state index in [0.717, 1.165) is 22.6 Å². The van der Waals surface area contributed by atoms with Gasteiger partial charge >= 0.3 is 0 Å². The molecule has 0 spiro atoms. The molecular formula is C25H25N3. The third-order valence-electron chi connectivity index (χ3n) is 6.06. The summed E-state index contributed by atoms with van der Waals surface area (Å²) in [7, 11) is 0. The smallest absolute Gasteiger partial charge is 0.159 e. The van der Waals surface area contributed by atoms with Crippen LogP contribution < -0.4 is 0 Å². The Balaban J connectivity index is 1.46. The molecule has 0 saturated heterocycles. The summed E-state index contributed by atoms with van der Waals surface area (Å²) in [5.74, 6) is 2.33. The van der Waals surface area contributed by atoms with E-state index in [2.05, 4.69) is 47.2 Å². The number of nitriles is 1. The fourth-order valence-corrected chi connectivity index (χ4v) is 4.17. The Labute approximate surface area is 167 Å². The second-order valence-corrected chi connectivity index (χ2v) is 7.73. The third-order valence-corrected chi connectivity index (χ3v) is 6.06. The van der Waals surface area contributed by atoms with Crippen molar-refractivity contribution in [3.05, 3.63) is 72.1 Å². The number of benzene rings is 2. The van der Waals surface area contributed by atoms with Crippen LogP contribution in [-0.2, 0) is 0 Å². The minimum Gasteiger partial charge on any atom is -0.236 e. The van der Waals surface area contributed by atoms with E-state index in [1.54, 1.807) is 12.1 Å². The van der Waals surface area contributed by atoms with Crippen molar-refractivity contribution in [2.45, 2.75) is 44.9 Å². The van der Waals surface area contributed by atoms with Crippen LogP contribution in [-0.4, -0.2) is 9.97 Å². The number of hydrogen-bond acceptors (Lipinski definition) is 3. The van der Waals surface area contributed by atoms with Crippen molar-refractivity contribution in [2.24, 2.45) is 5.92 Å². The SMILES string of the molecule is CCC1CCC(c2ccc(-c3cnc(-c4ccc(C#N)cc4)nc3)cc2)CC1. The van der Waals surface area contributed by atoms with Gasteiger partial charge in [0.2, 0.25) is 0 Å². The first-order valence-electron chi connectivity index (χ1n) is 10.2. The Morgan fingerprint density at radius 1 is 0.821 bits per heavy atom. The molecule has 3 heteroatoms. The molecule has 4 rings (SSSR count). The van der Waals surface area contributed by atoms with Crippen LogP contribution in [0.25, 0.3) is 22.5 Å². The van der Waals surface area contributed by atoms with Crippen molar-refractivity contribution >= 4 is 0 Å². The van der Waals surface area contributed by atoms with E-state index < -0.39 is 0 Å². The topological polar surface area (TPSA) is 49.6 Å². The van der Waals surface area contributed by atoms with E-state index in [1.807, 2.05) is 24.5 Å². The summed E-state index contributed by atoms with van der Waals surface area (Å²) in [6.07, 6.45) is 10.5. The Bertz CT molecular complexity index is 943. The fraction of sp³-hybridized carbons (Fsp3) is 0.320. The molecule has 140 valence electrons. The quantitative estimate of drug-likeness (QED) is 0.538. The molecule has 0 N–H and O–H groups in total. The number of rotatable bonds is 4. The van der Waals surface area contributed by atoms with Gasteiger partial charge in [-0.3, -0.25) is 0 Å². The van der Waals surface area contributed by atoms with E-state index in [1.165, 1.54) is 37.7 Å². The van der Waals surface area contributed by atoms with E-state index in [4.69, 9.17) is 5.26 Å². The van der Waals surface area contributed by atoms with Gasteiger partial charge in [0.05, 0.1) is 11.6 Å².